The maximum atomic E-state index is 14.1. The molecule has 0 fully saturated rings. The van der Waals surface area contributed by atoms with E-state index < -0.39 is 0 Å². The number of thioether (sulfide) groups is 1. The van der Waals surface area contributed by atoms with Gasteiger partial charge >= 0.3 is 0 Å². The van der Waals surface area contributed by atoms with Gasteiger partial charge in [-0.2, -0.15) is 0 Å². The number of halogens is 1. The van der Waals surface area contributed by atoms with Crippen molar-refractivity contribution in [2.24, 2.45) is 0 Å². The minimum atomic E-state index is -0.252. The van der Waals surface area contributed by atoms with Crippen molar-refractivity contribution in [3.05, 3.63) is 100 Å². The van der Waals surface area contributed by atoms with Crippen LogP contribution in [-0.2, 0) is 5.75 Å². The van der Waals surface area contributed by atoms with Gasteiger partial charge < -0.3 is 0 Å². The normalized spacial score (nSPS) is 12.2. The van der Waals surface area contributed by atoms with Crippen molar-refractivity contribution >= 4 is 22.7 Å². The van der Waals surface area contributed by atoms with E-state index in [0.29, 0.717) is 33.3 Å². The van der Waals surface area contributed by atoms with Crippen LogP contribution in [0.2, 0.25) is 0 Å². The fourth-order valence-electron chi connectivity index (χ4n) is 3.38. The molecular weight excluding hydrogens is 395 g/mol. The first-order valence-electron chi connectivity index (χ1n) is 10.1. The van der Waals surface area contributed by atoms with Gasteiger partial charge in [-0.1, -0.05) is 68.1 Å². The second kappa shape index (κ2) is 8.84. The van der Waals surface area contributed by atoms with Crippen molar-refractivity contribution in [3.8, 4) is 5.69 Å². The number of hydrogen-bond donors (Lipinski definition) is 0. The number of fused-ring (bicyclic) bond motifs is 1. The van der Waals surface area contributed by atoms with Crippen molar-refractivity contribution in [2.45, 2.75) is 37.1 Å². The van der Waals surface area contributed by atoms with E-state index in [2.05, 4.69) is 26.0 Å². The minimum Gasteiger partial charge on any atom is -0.268 e. The summed E-state index contributed by atoms with van der Waals surface area (Å²) < 4.78 is 15.7. The SMILES string of the molecule is CC[C@@H](C)c1ccc(-n2c(SCc3ccccc3F)nc3ccccc3c2=O)cc1. The van der Waals surface area contributed by atoms with Gasteiger partial charge in [-0.3, -0.25) is 9.36 Å². The van der Waals surface area contributed by atoms with Crippen LogP contribution in [0.3, 0.4) is 0 Å². The molecule has 0 aliphatic rings. The van der Waals surface area contributed by atoms with Gasteiger partial charge in [-0.25, -0.2) is 9.37 Å². The largest absolute Gasteiger partial charge is 0.268 e. The highest BCUT2D eigenvalue weighted by Crippen LogP contribution is 2.27. The number of para-hydroxylation sites is 1. The van der Waals surface area contributed by atoms with Crippen molar-refractivity contribution in [2.75, 3.05) is 0 Å². The molecular formula is C25H23FN2OS. The Morgan fingerprint density at radius 2 is 1.70 bits per heavy atom. The second-order valence-corrected chi connectivity index (χ2v) is 8.28. The van der Waals surface area contributed by atoms with E-state index in [-0.39, 0.29) is 11.4 Å². The quantitative estimate of drug-likeness (QED) is 0.271. The molecule has 4 aromatic rings. The molecule has 0 bridgehead atoms. The Kier molecular flexibility index (Phi) is 6.00. The van der Waals surface area contributed by atoms with Gasteiger partial charge in [0.15, 0.2) is 5.16 Å². The average Bonchev–Trinajstić information content (AvgIpc) is 2.78. The van der Waals surface area contributed by atoms with E-state index in [9.17, 15) is 9.18 Å². The number of nitrogens with zero attached hydrogens (tertiary/aromatic N) is 2. The molecule has 0 radical (unpaired) electrons. The molecule has 1 aromatic heterocycles. The van der Waals surface area contributed by atoms with E-state index in [1.165, 1.54) is 23.4 Å². The van der Waals surface area contributed by atoms with Gasteiger partial charge in [0.05, 0.1) is 16.6 Å². The maximum absolute atomic E-state index is 14.1. The van der Waals surface area contributed by atoms with E-state index >= 15 is 0 Å². The van der Waals surface area contributed by atoms with Crippen LogP contribution >= 0.6 is 11.8 Å². The number of aromatic nitrogens is 2. The summed E-state index contributed by atoms with van der Waals surface area (Å²) in [7, 11) is 0. The zero-order valence-corrected chi connectivity index (χ0v) is 17.8. The van der Waals surface area contributed by atoms with Gasteiger partial charge in [-0.05, 0) is 53.8 Å². The smallest absolute Gasteiger partial charge is 0.266 e. The Hall–Kier alpha value is -2.92. The molecule has 0 saturated carbocycles. The first-order chi connectivity index (χ1) is 14.6. The van der Waals surface area contributed by atoms with Crippen LogP contribution in [0.5, 0.6) is 0 Å². The summed E-state index contributed by atoms with van der Waals surface area (Å²) >= 11 is 1.37. The molecule has 0 saturated heterocycles. The third kappa shape index (κ3) is 4.03. The first kappa shape index (κ1) is 20.4. The lowest BCUT2D eigenvalue weighted by Gasteiger charge is -2.15. The topological polar surface area (TPSA) is 34.9 Å². The lowest BCUT2D eigenvalue weighted by Crippen LogP contribution is -2.21. The first-order valence-corrected chi connectivity index (χ1v) is 11.1. The summed E-state index contributed by atoms with van der Waals surface area (Å²) in [4.78, 5) is 18.1. The van der Waals surface area contributed by atoms with E-state index in [4.69, 9.17) is 4.98 Å². The molecule has 0 N–H and O–H groups in total. The molecule has 1 atom stereocenters. The molecule has 0 spiro atoms. The summed E-state index contributed by atoms with van der Waals surface area (Å²) in [6.45, 7) is 4.35. The van der Waals surface area contributed by atoms with Gasteiger partial charge in [0.2, 0.25) is 0 Å². The molecule has 0 unspecified atom stereocenters. The predicted octanol–water partition coefficient (Wildman–Crippen LogP) is 6.33. The predicted molar refractivity (Wildman–Crippen MR) is 122 cm³/mol. The molecule has 5 heteroatoms. The minimum absolute atomic E-state index is 0.118. The lowest BCUT2D eigenvalue weighted by atomic mass is 9.98. The summed E-state index contributed by atoms with van der Waals surface area (Å²) in [5, 5.41) is 1.12. The number of benzene rings is 3. The van der Waals surface area contributed by atoms with E-state index in [0.717, 1.165) is 12.1 Å². The summed E-state index contributed by atoms with van der Waals surface area (Å²) in [6.07, 6.45) is 1.06. The van der Waals surface area contributed by atoms with E-state index in [1.807, 2.05) is 36.4 Å². The van der Waals surface area contributed by atoms with E-state index in [1.54, 1.807) is 22.8 Å². The zero-order chi connectivity index (χ0) is 21.1. The Balaban J connectivity index is 1.80. The fourth-order valence-corrected chi connectivity index (χ4v) is 4.38. The van der Waals surface area contributed by atoms with Crippen molar-refractivity contribution in [3.63, 3.8) is 0 Å². The second-order valence-electron chi connectivity index (χ2n) is 7.33. The highest BCUT2D eigenvalue weighted by Gasteiger charge is 2.15. The fraction of sp³-hybridized carbons (Fsp3) is 0.200. The average molecular weight is 419 g/mol. The third-order valence-electron chi connectivity index (χ3n) is 5.39. The Morgan fingerprint density at radius 3 is 2.43 bits per heavy atom. The molecule has 0 aliphatic carbocycles. The van der Waals surface area contributed by atoms with Crippen LogP contribution in [-0.4, -0.2) is 9.55 Å². The van der Waals surface area contributed by atoms with Gasteiger partial charge in [0.25, 0.3) is 5.56 Å². The van der Waals surface area contributed by atoms with Crippen LogP contribution in [0.25, 0.3) is 16.6 Å². The Bertz CT molecular complexity index is 1230. The molecule has 4 rings (SSSR count). The highest BCUT2D eigenvalue weighted by molar-refractivity contribution is 7.98. The standard InChI is InChI=1S/C25H23FN2OS/c1-3-17(2)18-12-14-20(15-13-18)28-24(29)21-9-5-7-11-23(21)27-25(28)30-16-19-8-4-6-10-22(19)26/h4-15,17H,3,16H2,1-2H3/t17-/m1/s1. The third-order valence-corrected chi connectivity index (χ3v) is 6.38. The Morgan fingerprint density at radius 1 is 1.00 bits per heavy atom. The molecule has 30 heavy (non-hydrogen) atoms. The zero-order valence-electron chi connectivity index (χ0n) is 17.0. The maximum Gasteiger partial charge on any atom is 0.266 e. The highest BCUT2D eigenvalue weighted by atomic mass is 32.2. The van der Waals surface area contributed by atoms with Gasteiger partial charge in [0, 0.05) is 5.75 Å². The number of rotatable bonds is 6. The lowest BCUT2D eigenvalue weighted by molar-refractivity contribution is 0.617. The molecule has 0 aliphatic heterocycles. The van der Waals surface area contributed by atoms with Gasteiger partial charge in [-0.15, -0.1) is 0 Å². The van der Waals surface area contributed by atoms with Crippen molar-refractivity contribution < 1.29 is 4.39 Å². The Labute approximate surface area is 179 Å². The summed E-state index contributed by atoms with van der Waals surface area (Å²) in [6, 6.07) is 22.1. The van der Waals surface area contributed by atoms with Crippen LogP contribution in [0.15, 0.2) is 82.7 Å². The monoisotopic (exact) mass is 418 g/mol. The summed E-state index contributed by atoms with van der Waals surface area (Å²) in [5.74, 6) is 0.598. The summed E-state index contributed by atoms with van der Waals surface area (Å²) in [5.41, 5.74) is 3.12. The van der Waals surface area contributed by atoms with Crippen molar-refractivity contribution in [1.29, 1.82) is 0 Å². The van der Waals surface area contributed by atoms with Crippen molar-refractivity contribution in [1.82, 2.24) is 9.55 Å². The van der Waals surface area contributed by atoms with Crippen LogP contribution in [0, 0.1) is 5.82 Å². The molecule has 1 heterocycles. The van der Waals surface area contributed by atoms with Crippen LogP contribution in [0.4, 0.5) is 4.39 Å². The number of hydrogen-bond acceptors (Lipinski definition) is 3. The molecule has 3 nitrogen and oxygen atoms in total. The molecule has 152 valence electrons. The van der Waals surface area contributed by atoms with Crippen LogP contribution < -0.4 is 5.56 Å². The van der Waals surface area contributed by atoms with Gasteiger partial charge in [0.1, 0.15) is 5.82 Å². The van der Waals surface area contributed by atoms with Crippen LogP contribution in [0.1, 0.15) is 37.3 Å². The molecule has 3 aromatic carbocycles. The molecule has 0 amide bonds.